The Bertz CT molecular complexity index is 230. The highest BCUT2D eigenvalue weighted by atomic mass is 16.3. The Kier molecular flexibility index (Phi) is 5.46. The third kappa shape index (κ3) is 3.46. The summed E-state index contributed by atoms with van der Waals surface area (Å²) < 4.78 is 0. The molecule has 3 nitrogen and oxygen atoms in total. The van der Waals surface area contributed by atoms with E-state index in [1.54, 1.807) is 0 Å². The number of aliphatic hydroxyl groups excluding tert-OH is 1. The van der Waals surface area contributed by atoms with Gasteiger partial charge in [0.2, 0.25) is 0 Å². The number of nitrogens with one attached hydrogen (secondary N) is 1. The lowest BCUT2D eigenvalue weighted by molar-refractivity contribution is 0.00285. The van der Waals surface area contributed by atoms with E-state index in [9.17, 15) is 5.11 Å². The summed E-state index contributed by atoms with van der Waals surface area (Å²) in [6, 6.07) is 1.40. The number of nitrogens with zero attached hydrogens (tertiary/aromatic N) is 1. The van der Waals surface area contributed by atoms with Crippen LogP contribution in [-0.4, -0.2) is 47.8 Å². The third-order valence-electron chi connectivity index (χ3n) is 4.75. The van der Waals surface area contributed by atoms with Gasteiger partial charge in [-0.15, -0.1) is 0 Å². The van der Waals surface area contributed by atoms with Crippen LogP contribution in [0.2, 0.25) is 0 Å². The van der Waals surface area contributed by atoms with E-state index in [0.29, 0.717) is 12.0 Å². The van der Waals surface area contributed by atoms with Crippen molar-refractivity contribution < 1.29 is 5.11 Å². The highest BCUT2D eigenvalue weighted by molar-refractivity contribution is 4.91. The SMILES string of the molecule is CCCNC1CC(C(O)CC)CN(C2CCC2)C1. The smallest absolute Gasteiger partial charge is 0.0578 e. The predicted octanol–water partition coefficient (Wildman–Crippen LogP) is 2.00. The average molecular weight is 254 g/mol. The topological polar surface area (TPSA) is 35.5 Å². The second kappa shape index (κ2) is 6.88. The summed E-state index contributed by atoms with van der Waals surface area (Å²) >= 11 is 0. The minimum atomic E-state index is -0.112. The van der Waals surface area contributed by atoms with Crippen LogP contribution in [0.3, 0.4) is 0 Å². The van der Waals surface area contributed by atoms with Crippen molar-refractivity contribution in [3.05, 3.63) is 0 Å². The molecule has 1 aliphatic heterocycles. The normalized spacial score (nSPS) is 32.2. The molecule has 1 saturated heterocycles. The maximum atomic E-state index is 10.2. The van der Waals surface area contributed by atoms with Gasteiger partial charge >= 0.3 is 0 Å². The average Bonchev–Trinajstić information content (AvgIpc) is 2.33. The van der Waals surface area contributed by atoms with Crippen molar-refractivity contribution >= 4 is 0 Å². The van der Waals surface area contributed by atoms with E-state index >= 15 is 0 Å². The number of hydrogen-bond acceptors (Lipinski definition) is 3. The fourth-order valence-electron chi connectivity index (χ4n) is 3.33. The van der Waals surface area contributed by atoms with Gasteiger partial charge < -0.3 is 10.4 Å². The Morgan fingerprint density at radius 2 is 2.06 bits per heavy atom. The van der Waals surface area contributed by atoms with Gasteiger partial charge in [0.15, 0.2) is 0 Å². The number of piperidine rings is 1. The number of aliphatic hydroxyl groups is 1. The largest absolute Gasteiger partial charge is 0.393 e. The molecule has 0 aromatic carbocycles. The second-order valence-corrected chi connectivity index (χ2v) is 6.16. The van der Waals surface area contributed by atoms with Crippen LogP contribution < -0.4 is 5.32 Å². The molecule has 106 valence electrons. The number of hydrogen-bond donors (Lipinski definition) is 2. The van der Waals surface area contributed by atoms with Crippen molar-refractivity contribution in [1.29, 1.82) is 0 Å². The van der Waals surface area contributed by atoms with Gasteiger partial charge in [0.25, 0.3) is 0 Å². The molecular weight excluding hydrogens is 224 g/mol. The summed E-state index contributed by atoms with van der Waals surface area (Å²) in [5.41, 5.74) is 0. The molecular formula is C15H30N2O. The predicted molar refractivity (Wildman–Crippen MR) is 75.7 cm³/mol. The fourth-order valence-corrected chi connectivity index (χ4v) is 3.33. The van der Waals surface area contributed by atoms with Crippen LogP contribution in [-0.2, 0) is 0 Å². The minimum Gasteiger partial charge on any atom is -0.393 e. The molecule has 3 heteroatoms. The Labute approximate surface area is 112 Å². The molecule has 1 heterocycles. The lowest BCUT2D eigenvalue weighted by Gasteiger charge is -2.46. The highest BCUT2D eigenvalue weighted by Gasteiger charge is 2.35. The van der Waals surface area contributed by atoms with Crippen molar-refractivity contribution in [3.8, 4) is 0 Å². The summed E-state index contributed by atoms with van der Waals surface area (Å²) in [5, 5.41) is 13.8. The zero-order valence-corrected chi connectivity index (χ0v) is 12.1. The van der Waals surface area contributed by atoms with Crippen molar-refractivity contribution in [3.63, 3.8) is 0 Å². The van der Waals surface area contributed by atoms with E-state index in [0.717, 1.165) is 32.0 Å². The van der Waals surface area contributed by atoms with E-state index in [1.807, 2.05) is 0 Å². The molecule has 0 spiro atoms. The summed E-state index contributed by atoms with van der Waals surface area (Å²) in [7, 11) is 0. The summed E-state index contributed by atoms with van der Waals surface area (Å²) in [6.07, 6.45) is 7.27. The lowest BCUT2D eigenvalue weighted by Crippen LogP contribution is -2.56. The Morgan fingerprint density at radius 1 is 1.28 bits per heavy atom. The van der Waals surface area contributed by atoms with Crippen LogP contribution in [0.5, 0.6) is 0 Å². The first-order chi connectivity index (χ1) is 8.74. The van der Waals surface area contributed by atoms with E-state index in [-0.39, 0.29) is 6.10 Å². The molecule has 2 rings (SSSR count). The first kappa shape index (κ1) is 14.3. The zero-order valence-electron chi connectivity index (χ0n) is 12.1. The molecule has 0 aromatic heterocycles. The second-order valence-electron chi connectivity index (χ2n) is 6.16. The fraction of sp³-hybridized carbons (Fsp3) is 1.00. The van der Waals surface area contributed by atoms with E-state index in [1.165, 1.54) is 32.2 Å². The van der Waals surface area contributed by atoms with Crippen LogP contribution >= 0.6 is 0 Å². The summed E-state index contributed by atoms with van der Waals surface area (Å²) in [5.74, 6) is 0.471. The first-order valence-electron chi connectivity index (χ1n) is 7.90. The van der Waals surface area contributed by atoms with Gasteiger partial charge in [-0.3, -0.25) is 4.90 Å². The van der Waals surface area contributed by atoms with Gasteiger partial charge in [-0.2, -0.15) is 0 Å². The van der Waals surface area contributed by atoms with Gasteiger partial charge in [-0.25, -0.2) is 0 Å². The maximum absolute atomic E-state index is 10.2. The maximum Gasteiger partial charge on any atom is 0.0578 e. The lowest BCUT2D eigenvalue weighted by atomic mass is 9.84. The van der Waals surface area contributed by atoms with Gasteiger partial charge in [0.1, 0.15) is 0 Å². The summed E-state index contributed by atoms with van der Waals surface area (Å²) in [4.78, 5) is 2.64. The van der Waals surface area contributed by atoms with E-state index in [2.05, 4.69) is 24.1 Å². The molecule has 0 amide bonds. The molecule has 2 N–H and O–H groups in total. The molecule has 2 aliphatic rings. The quantitative estimate of drug-likeness (QED) is 0.761. The van der Waals surface area contributed by atoms with Crippen LogP contribution in [0.1, 0.15) is 52.4 Å². The highest BCUT2D eigenvalue weighted by Crippen LogP contribution is 2.30. The van der Waals surface area contributed by atoms with Gasteiger partial charge in [0, 0.05) is 25.2 Å². The Morgan fingerprint density at radius 3 is 2.61 bits per heavy atom. The number of likely N-dealkylation sites (tertiary alicyclic amines) is 1. The minimum absolute atomic E-state index is 0.112. The van der Waals surface area contributed by atoms with Gasteiger partial charge in [0.05, 0.1) is 6.10 Å². The van der Waals surface area contributed by atoms with Crippen LogP contribution in [0.4, 0.5) is 0 Å². The number of rotatable bonds is 6. The Balaban J connectivity index is 1.90. The monoisotopic (exact) mass is 254 g/mol. The Hall–Kier alpha value is -0.120. The molecule has 1 saturated carbocycles. The van der Waals surface area contributed by atoms with E-state index < -0.39 is 0 Å². The van der Waals surface area contributed by atoms with Crippen molar-refractivity contribution in [2.75, 3.05) is 19.6 Å². The van der Waals surface area contributed by atoms with Crippen LogP contribution in [0.15, 0.2) is 0 Å². The van der Waals surface area contributed by atoms with Crippen molar-refractivity contribution in [1.82, 2.24) is 10.2 Å². The van der Waals surface area contributed by atoms with Crippen molar-refractivity contribution in [2.24, 2.45) is 5.92 Å². The van der Waals surface area contributed by atoms with Gasteiger partial charge in [-0.05, 0) is 44.6 Å². The molecule has 0 bridgehead atoms. The van der Waals surface area contributed by atoms with Crippen LogP contribution in [0, 0.1) is 5.92 Å². The molecule has 0 radical (unpaired) electrons. The molecule has 18 heavy (non-hydrogen) atoms. The van der Waals surface area contributed by atoms with Crippen molar-refractivity contribution in [2.45, 2.75) is 70.6 Å². The van der Waals surface area contributed by atoms with Crippen LogP contribution in [0.25, 0.3) is 0 Å². The first-order valence-corrected chi connectivity index (χ1v) is 7.90. The summed E-state index contributed by atoms with van der Waals surface area (Å²) in [6.45, 7) is 7.74. The molecule has 1 aliphatic carbocycles. The van der Waals surface area contributed by atoms with Gasteiger partial charge in [-0.1, -0.05) is 20.3 Å². The zero-order chi connectivity index (χ0) is 13.0. The molecule has 3 atom stereocenters. The molecule has 3 unspecified atom stereocenters. The molecule has 0 aromatic rings. The van der Waals surface area contributed by atoms with E-state index in [4.69, 9.17) is 0 Å². The molecule has 2 fully saturated rings. The standard InChI is InChI=1S/C15H30N2O/c1-3-8-16-13-9-12(15(18)4-2)10-17(11-13)14-6-5-7-14/h12-16,18H,3-11H2,1-2H3. The third-order valence-corrected chi connectivity index (χ3v) is 4.75.